The van der Waals surface area contributed by atoms with Gasteiger partial charge in [-0.1, -0.05) is 12.5 Å². The molecule has 0 aromatic carbocycles. The van der Waals surface area contributed by atoms with Gasteiger partial charge in [0.1, 0.15) is 12.4 Å². The molecule has 0 atom stereocenters. The van der Waals surface area contributed by atoms with E-state index in [9.17, 15) is 9.59 Å². The Morgan fingerprint density at radius 2 is 1.54 bits per heavy atom. The number of hydrogen-bond acceptors (Lipinski definition) is 5. The fourth-order valence-electron chi connectivity index (χ4n) is 2.21. The van der Waals surface area contributed by atoms with Crippen molar-refractivity contribution in [1.29, 1.82) is 0 Å². The second-order valence-corrected chi connectivity index (χ2v) is 6.34. The molecule has 0 aromatic heterocycles. The maximum atomic E-state index is 11.6. The lowest BCUT2D eigenvalue weighted by Crippen LogP contribution is -2.11. The zero-order valence-corrected chi connectivity index (χ0v) is 15.9. The third kappa shape index (κ3) is 17.5. The van der Waals surface area contributed by atoms with Crippen molar-refractivity contribution in [3.63, 3.8) is 0 Å². The highest BCUT2D eigenvalue weighted by molar-refractivity contribution is 7.80. The Kier molecular flexibility index (Phi) is 17.9. The first-order valence-corrected chi connectivity index (χ1v) is 9.80. The fourth-order valence-corrected chi connectivity index (χ4v) is 2.43. The Bertz CT molecular complexity index is 331. The minimum absolute atomic E-state index is 0.202. The maximum Gasteiger partial charge on any atom is 0.305 e. The summed E-state index contributed by atoms with van der Waals surface area (Å²) in [5, 5.41) is 0. The molecule has 24 heavy (non-hydrogen) atoms. The molecule has 5 heteroatoms. The largest absolute Gasteiger partial charge is 0.463 e. The lowest BCUT2D eigenvalue weighted by molar-refractivity contribution is -0.145. The van der Waals surface area contributed by atoms with Crippen LogP contribution in [-0.4, -0.2) is 37.3 Å². The van der Waals surface area contributed by atoms with E-state index in [0.29, 0.717) is 51.3 Å². The topological polar surface area (TPSA) is 52.6 Å². The van der Waals surface area contributed by atoms with E-state index in [-0.39, 0.29) is 5.97 Å². The van der Waals surface area contributed by atoms with Crippen LogP contribution in [0.3, 0.4) is 0 Å². The Morgan fingerprint density at radius 3 is 2.25 bits per heavy atom. The number of thiol groups is 1. The van der Waals surface area contributed by atoms with Gasteiger partial charge in [-0.3, -0.25) is 9.59 Å². The molecule has 0 N–H and O–H groups in total. The average Bonchev–Trinajstić information content (AvgIpc) is 2.58. The molecule has 0 amide bonds. The highest BCUT2D eigenvalue weighted by atomic mass is 32.1. The van der Waals surface area contributed by atoms with Gasteiger partial charge in [-0.2, -0.15) is 12.6 Å². The number of carbonyl (C=O) groups is 2. The van der Waals surface area contributed by atoms with E-state index in [1.165, 1.54) is 0 Å². The molecular formula is C19H34O4S. The minimum Gasteiger partial charge on any atom is -0.463 e. The normalized spacial score (nSPS) is 10.5. The summed E-state index contributed by atoms with van der Waals surface area (Å²) in [6, 6.07) is 0. The summed E-state index contributed by atoms with van der Waals surface area (Å²) >= 11 is 4.15. The van der Waals surface area contributed by atoms with Gasteiger partial charge in [0.15, 0.2) is 0 Å². The number of allylic oxidation sites excluding steroid dienone is 1. The van der Waals surface area contributed by atoms with E-state index in [0.717, 1.165) is 50.7 Å². The van der Waals surface area contributed by atoms with Crippen LogP contribution in [0.25, 0.3) is 0 Å². The van der Waals surface area contributed by atoms with E-state index in [2.05, 4.69) is 19.2 Å². The highest BCUT2D eigenvalue weighted by Gasteiger charge is 2.05. The molecule has 0 fully saturated rings. The van der Waals surface area contributed by atoms with Gasteiger partial charge in [-0.25, -0.2) is 0 Å². The number of Topliss-reactive ketones (excluding diaryl/α,β-unsaturated/α-hetero) is 1. The Balaban J connectivity index is 3.31. The quantitative estimate of drug-likeness (QED) is 0.169. The van der Waals surface area contributed by atoms with Gasteiger partial charge >= 0.3 is 5.97 Å². The van der Waals surface area contributed by atoms with Crippen molar-refractivity contribution in [3.8, 4) is 0 Å². The van der Waals surface area contributed by atoms with Crippen LogP contribution in [0.5, 0.6) is 0 Å². The van der Waals surface area contributed by atoms with Crippen molar-refractivity contribution in [2.75, 3.05) is 25.6 Å². The fraction of sp³-hybridized carbons (Fsp3) is 0.789. The van der Waals surface area contributed by atoms with Crippen LogP contribution in [0, 0.1) is 0 Å². The van der Waals surface area contributed by atoms with Gasteiger partial charge in [0.05, 0.1) is 6.61 Å². The van der Waals surface area contributed by atoms with Gasteiger partial charge < -0.3 is 9.47 Å². The second kappa shape index (κ2) is 18.5. The number of esters is 1. The molecule has 0 aliphatic heterocycles. The SMILES string of the molecule is C=CCCCCOCCOC(=O)CCCCC(=O)CCCCCS. The summed E-state index contributed by atoms with van der Waals surface area (Å²) in [6.45, 7) is 5.12. The van der Waals surface area contributed by atoms with Gasteiger partial charge in [0.25, 0.3) is 0 Å². The van der Waals surface area contributed by atoms with E-state index >= 15 is 0 Å². The molecule has 0 rings (SSSR count). The van der Waals surface area contributed by atoms with Crippen LogP contribution in [0.2, 0.25) is 0 Å². The van der Waals surface area contributed by atoms with Crippen molar-refractivity contribution in [2.45, 2.75) is 70.6 Å². The van der Waals surface area contributed by atoms with E-state index in [1.807, 2.05) is 6.08 Å². The molecule has 0 aliphatic rings. The van der Waals surface area contributed by atoms with E-state index in [4.69, 9.17) is 9.47 Å². The number of ether oxygens (including phenoxy) is 2. The third-order valence-electron chi connectivity index (χ3n) is 3.64. The smallest absolute Gasteiger partial charge is 0.305 e. The molecule has 0 radical (unpaired) electrons. The Morgan fingerprint density at radius 1 is 0.833 bits per heavy atom. The molecule has 0 saturated heterocycles. The predicted molar refractivity (Wildman–Crippen MR) is 102 cm³/mol. The number of ketones is 1. The summed E-state index contributed by atoms with van der Waals surface area (Å²) in [7, 11) is 0. The highest BCUT2D eigenvalue weighted by Crippen LogP contribution is 2.08. The zero-order valence-electron chi connectivity index (χ0n) is 15.0. The molecule has 0 saturated carbocycles. The molecule has 140 valence electrons. The maximum absolute atomic E-state index is 11.6. The second-order valence-electron chi connectivity index (χ2n) is 5.90. The monoisotopic (exact) mass is 358 g/mol. The van der Waals surface area contributed by atoms with Crippen LogP contribution < -0.4 is 0 Å². The minimum atomic E-state index is -0.202. The molecular weight excluding hydrogens is 324 g/mol. The van der Waals surface area contributed by atoms with Crippen LogP contribution in [0.15, 0.2) is 12.7 Å². The molecule has 0 unspecified atom stereocenters. The Hall–Kier alpha value is -0.810. The number of rotatable bonds is 18. The van der Waals surface area contributed by atoms with Gasteiger partial charge in [-0.15, -0.1) is 6.58 Å². The summed E-state index contributed by atoms with van der Waals surface area (Å²) in [5.41, 5.74) is 0. The average molecular weight is 359 g/mol. The van der Waals surface area contributed by atoms with Crippen LogP contribution in [-0.2, 0) is 19.1 Å². The van der Waals surface area contributed by atoms with Crippen molar-refractivity contribution >= 4 is 24.4 Å². The van der Waals surface area contributed by atoms with Gasteiger partial charge in [-0.05, 0) is 50.7 Å². The summed E-state index contributed by atoms with van der Waals surface area (Å²) in [5.74, 6) is 0.982. The number of hydrogen-bond donors (Lipinski definition) is 1. The van der Waals surface area contributed by atoms with Crippen molar-refractivity contribution in [1.82, 2.24) is 0 Å². The Labute approximate surface area is 152 Å². The van der Waals surface area contributed by atoms with Crippen LogP contribution in [0.4, 0.5) is 0 Å². The van der Waals surface area contributed by atoms with Crippen molar-refractivity contribution in [3.05, 3.63) is 12.7 Å². The summed E-state index contributed by atoms with van der Waals surface area (Å²) in [6.07, 6.45) is 11.2. The predicted octanol–water partition coefficient (Wildman–Crippen LogP) is 4.52. The molecule has 4 nitrogen and oxygen atoms in total. The molecule has 0 bridgehead atoms. The molecule has 0 aromatic rings. The first-order chi connectivity index (χ1) is 11.7. The van der Waals surface area contributed by atoms with E-state index in [1.54, 1.807) is 0 Å². The summed E-state index contributed by atoms with van der Waals surface area (Å²) in [4.78, 5) is 23.2. The molecule has 0 heterocycles. The van der Waals surface area contributed by atoms with Gasteiger partial charge in [0.2, 0.25) is 0 Å². The zero-order chi connectivity index (χ0) is 17.9. The van der Waals surface area contributed by atoms with Crippen molar-refractivity contribution < 1.29 is 19.1 Å². The first kappa shape index (κ1) is 23.2. The lowest BCUT2D eigenvalue weighted by atomic mass is 10.1. The third-order valence-corrected chi connectivity index (χ3v) is 3.95. The van der Waals surface area contributed by atoms with Crippen molar-refractivity contribution in [2.24, 2.45) is 0 Å². The van der Waals surface area contributed by atoms with Gasteiger partial charge in [0, 0.05) is 25.9 Å². The van der Waals surface area contributed by atoms with Crippen LogP contribution >= 0.6 is 12.6 Å². The summed E-state index contributed by atoms with van der Waals surface area (Å²) < 4.78 is 10.5. The first-order valence-electron chi connectivity index (χ1n) is 9.17. The van der Waals surface area contributed by atoms with Crippen LogP contribution in [0.1, 0.15) is 70.6 Å². The number of carbonyl (C=O) groups excluding carboxylic acids is 2. The molecule has 0 spiro atoms. The number of unbranched alkanes of at least 4 members (excludes halogenated alkanes) is 5. The lowest BCUT2D eigenvalue weighted by Gasteiger charge is -2.06. The van der Waals surface area contributed by atoms with E-state index < -0.39 is 0 Å². The molecule has 0 aliphatic carbocycles. The standard InChI is InChI=1S/C19H34O4S/c1-2-3-4-9-14-22-15-16-23-19(21)13-8-7-12-18(20)11-6-5-10-17-24/h2,24H,1,3-17H2.